The summed E-state index contributed by atoms with van der Waals surface area (Å²) >= 11 is 0. The van der Waals surface area contributed by atoms with Gasteiger partial charge in [-0.05, 0) is 32.4 Å². The predicted octanol–water partition coefficient (Wildman–Crippen LogP) is 2.44. The lowest BCUT2D eigenvalue weighted by atomic mass is 10.1. The van der Waals surface area contributed by atoms with E-state index >= 15 is 0 Å². The zero-order valence-corrected chi connectivity index (χ0v) is 12.2. The van der Waals surface area contributed by atoms with Gasteiger partial charge in [0.2, 0.25) is 5.91 Å². The Kier molecular flexibility index (Phi) is 4.55. The van der Waals surface area contributed by atoms with Gasteiger partial charge in [-0.15, -0.1) is 0 Å². The van der Waals surface area contributed by atoms with Gasteiger partial charge in [0.1, 0.15) is 5.82 Å². The highest BCUT2D eigenvalue weighted by Gasteiger charge is 2.23. The average molecular weight is 276 g/mol. The van der Waals surface area contributed by atoms with Crippen molar-refractivity contribution in [1.29, 1.82) is 0 Å². The quantitative estimate of drug-likeness (QED) is 0.841. The normalized spacial score (nSPS) is 23.8. The largest absolute Gasteiger partial charge is 0.336 e. The van der Waals surface area contributed by atoms with E-state index in [4.69, 9.17) is 0 Å². The van der Waals surface area contributed by atoms with E-state index in [1.165, 1.54) is 12.1 Å². The zero-order chi connectivity index (χ0) is 14.7. The molecule has 1 N–H and O–H groups in total. The average Bonchev–Trinajstić information content (AvgIpc) is 2.37. The molecule has 0 aliphatic carbocycles. The molecule has 3 nitrogen and oxygen atoms in total. The SMILES string of the molecule is C/C(=C\C(=O)N1CC(C)NC(C)C1)c1ccccc1F. The summed E-state index contributed by atoms with van der Waals surface area (Å²) < 4.78 is 13.7. The van der Waals surface area contributed by atoms with E-state index in [2.05, 4.69) is 19.2 Å². The molecule has 1 aliphatic rings. The Hall–Kier alpha value is -1.68. The second kappa shape index (κ2) is 6.18. The van der Waals surface area contributed by atoms with E-state index in [9.17, 15) is 9.18 Å². The molecule has 1 aliphatic heterocycles. The first-order valence-corrected chi connectivity index (χ1v) is 6.95. The lowest BCUT2D eigenvalue weighted by Gasteiger charge is -2.35. The maximum Gasteiger partial charge on any atom is 0.246 e. The summed E-state index contributed by atoms with van der Waals surface area (Å²) in [5.74, 6) is -0.345. The highest BCUT2D eigenvalue weighted by Crippen LogP contribution is 2.18. The highest BCUT2D eigenvalue weighted by molar-refractivity contribution is 5.95. The van der Waals surface area contributed by atoms with Gasteiger partial charge in [-0.3, -0.25) is 4.79 Å². The predicted molar refractivity (Wildman–Crippen MR) is 78.7 cm³/mol. The van der Waals surface area contributed by atoms with Crippen molar-refractivity contribution in [3.8, 4) is 0 Å². The first kappa shape index (κ1) is 14.7. The number of nitrogens with zero attached hydrogens (tertiary/aromatic N) is 1. The zero-order valence-electron chi connectivity index (χ0n) is 12.2. The number of amides is 1. The van der Waals surface area contributed by atoms with Crippen LogP contribution in [0.2, 0.25) is 0 Å². The van der Waals surface area contributed by atoms with Crippen LogP contribution in [-0.4, -0.2) is 36.0 Å². The summed E-state index contributed by atoms with van der Waals surface area (Å²) in [6.45, 7) is 7.26. The van der Waals surface area contributed by atoms with Crippen molar-refractivity contribution in [3.63, 3.8) is 0 Å². The molecule has 0 bridgehead atoms. The second-order valence-corrected chi connectivity index (χ2v) is 5.52. The number of rotatable bonds is 2. The number of carbonyl (C=O) groups excluding carboxylic acids is 1. The molecule has 0 aromatic heterocycles. The summed E-state index contributed by atoms with van der Waals surface area (Å²) in [6, 6.07) is 7.08. The Bertz CT molecular complexity index is 517. The maximum atomic E-state index is 13.7. The highest BCUT2D eigenvalue weighted by atomic mass is 19.1. The van der Waals surface area contributed by atoms with Crippen molar-refractivity contribution >= 4 is 11.5 Å². The third kappa shape index (κ3) is 3.45. The molecule has 20 heavy (non-hydrogen) atoms. The number of benzene rings is 1. The van der Waals surface area contributed by atoms with E-state index < -0.39 is 0 Å². The first-order chi connectivity index (χ1) is 9.47. The smallest absolute Gasteiger partial charge is 0.246 e. The molecule has 0 spiro atoms. The van der Waals surface area contributed by atoms with Crippen molar-refractivity contribution in [2.24, 2.45) is 0 Å². The Morgan fingerprint density at radius 2 is 1.90 bits per heavy atom. The van der Waals surface area contributed by atoms with Crippen LogP contribution in [-0.2, 0) is 4.79 Å². The minimum Gasteiger partial charge on any atom is -0.336 e. The standard InChI is InChI=1S/C16H21FN2O/c1-11(14-6-4-5-7-15(14)17)8-16(20)19-9-12(2)18-13(3)10-19/h4-8,12-13,18H,9-10H2,1-3H3/b11-8+. The fourth-order valence-corrected chi connectivity index (χ4v) is 2.64. The third-order valence-corrected chi connectivity index (χ3v) is 3.51. The van der Waals surface area contributed by atoms with Crippen molar-refractivity contribution in [2.45, 2.75) is 32.9 Å². The van der Waals surface area contributed by atoms with Crippen LogP contribution in [0.5, 0.6) is 0 Å². The Morgan fingerprint density at radius 1 is 1.30 bits per heavy atom. The number of piperazine rings is 1. The van der Waals surface area contributed by atoms with E-state index in [-0.39, 0.29) is 23.8 Å². The molecule has 0 saturated carbocycles. The molecule has 2 atom stereocenters. The summed E-state index contributed by atoms with van der Waals surface area (Å²) in [6.07, 6.45) is 1.53. The van der Waals surface area contributed by atoms with E-state index in [0.29, 0.717) is 24.2 Å². The molecule has 1 heterocycles. The van der Waals surface area contributed by atoms with Gasteiger partial charge >= 0.3 is 0 Å². The van der Waals surface area contributed by atoms with Crippen LogP contribution < -0.4 is 5.32 Å². The van der Waals surface area contributed by atoms with Crippen LogP contribution in [0, 0.1) is 5.82 Å². The van der Waals surface area contributed by atoms with Crippen molar-refractivity contribution in [2.75, 3.05) is 13.1 Å². The van der Waals surface area contributed by atoms with E-state index in [1.54, 1.807) is 25.1 Å². The molecule has 1 amide bonds. The second-order valence-electron chi connectivity index (χ2n) is 5.52. The molecular weight excluding hydrogens is 255 g/mol. The molecule has 4 heteroatoms. The lowest BCUT2D eigenvalue weighted by molar-refractivity contribution is -0.127. The Morgan fingerprint density at radius 3 is 2.50 bits per heavy atom. The van der Waals surface area contributed by atoms with Gasteiger partial charge in [0.15, 0.2) is 0 Å². The van der Waals surface area contributed by atoms with Crippen LogP contribution in [0.1, 0.15) is 26.3 Å². The molecule has 1 aromatic rings. The van der Waals surface area contributed by atoms with Gasteiger partial charge in [-0.25, -0.2) is 4.39 Å². The Labute approximate surface area is 119 Å². The topological polar surface area (TPSA) is 32.3 Å². The van der Waals surface area contributed by atoms with Crippen LogP contribution in [0.4, 0.5) is 4.39 Å². The van der Waals surface area contributed by atoms with Gasteiger partial charge in [0, 0.05) is 36.8 Å². The van der Waals surface area contributed by atoms with Gasteiger partial charge in [-0.2, -0.15) is 0 Å². The number of carbonyl (C=O) groups is 1. The van der Waals surface area contributed by atoms with E-state index in [1.807, 2.05) is 4.90 Å². The molecule has 0 radical (unpaired) electrons. The number of halogens is 1. The summed E-state index contributed by atoms with van der Waals surface area (Å²) in [5.41, 5.74) is 1.14. The molecule has 2 unspecified atom stereocenters. The van der Waals surface area contributed by atoms with Crippen LogP contribution in [0.25, 0.3) is 5.57 Å². The van der Waals surface area contributed by atoms with Crippen molar-refractivity contribution in [3.05, 3.63) is 41.7 Å². The van der Waals surface area contributed by atoms with Gasteiger partial charge < -0.3 is 10.2 Å². The monoisotopic (exact) mass is 276 g/mol. The first-order valence-electron chi connectivity index (χ1n) is 6.95. The molecular formula is C16H21FN2O. The van der Waals surface area contributed by atoms with Crippen molar-refractivity contribution in [1.82, 2.24) is 10.2 Å². The van der Waals surface area contributed by atoms with E-state index in [0.717, 1.165) is 0 Å². The molecule has 1 saturated heterocycles. The van der Waals surface area contributed by atoms with Crippen LogP contribution in [0.15, 0.2) is 30.3 Å². The molecule has 108 valence electrons. The van der Waals surface area contributed by atoms with Gasteiger partial charge in [0.25, 0.3) is 0 Å². The Balaban J connectivity index is 2.14. The number of hydrogen-bond acceptors (Lipinski definition) is 2. The van der Waals surface area contributed by atoms with Gasteiger partial charge in [-0.1, -0.05) is 18.2 Å². The number of allylic oxidation sites excluding steroid dienone is 1. The minimum absolute atomic E-state index is 0.0500. The van der Waals surface area contributed by atoms with Crippen LogP contribution >= 0.6 is 0 Å². The number of hydrogen-bond donors (Lipinski definition) is 1. The van der Waals surface area contributed by atoms with Crippen molar-refractivity contribution < 1.29 is 9.18 Å². The summed E-state index contributed by atoms with van der Waals surface area (Å²) in [4.78, 5) is 14.1. The lowest BCUT2D eigenvalue weighted by Crippen LogP contribution is -2.55. The molecule has 1 fully saturated rings. The molecule has 2 rings (SSSR count). The summed E-state index contributed by atoms with van der Waals surface area (Å²) in [7, 11) is 0. The van der Waals surface area contributed by atoms with Gasteiger partial charge in [0.05, 0.1) is 0 Å². The third-order valence-electron chi connectivity index (χ3n) is 3.51. The van der Waals surface area contributed by atoms with Crippen LogP contribution in [0.3, 0.4) is 0 Å². The maximum absolute atomic E-state index is 13.7. The fourth-order valence-electron chi connectivity index (χ4n) is 2.64. The fraction of sp³-hybridized carbons (Fsp3) is 0.438. The number of nitrogens with one attached hydrogen (secondary N) is 1. The summed E-state index contributed by atoms with van der Waals surface area (Å²) in [5, 5.41) is 3.38. The molecule has 1 aromatic carbocycles. The minimum atomic E-state index is -0.295.